The number of esters is 3. The van der Waals surface area contributed by atoms with Crippen molar-refractivity contribution in [1.29, 1.82) is 0 Å². The van der Waals surface area contributed by atoms with Crippen molar-refractivity contribution in [3.8, 4) is 0 Å². The molecule has 5 rings (SSSR count). The van der Waals surface area contributed by atoms with Crippen molar-refractivity contribution in [1.82, 2.24) is 0 Å². The molecule has 2 N–H and O–H groups in total. The fraction of sp³-hybridized carbons (Fsp3) is 0.625. The number of fused-ring (bicyclic) bond motifs is 5. The van der Waals surface area contributed by atoms with Crippen LogP contribution in [0.5, 0.6) is 0 Å². The molecule has 2 bridgehead atoms. The van der Waals surface area contributed by atoms with E-state index in [4.69, 9.17) is 18.9 Å². The summed E-state index contributed by atoms with van der Waals surface area (Å²) in [4.78, 5) is 53.8. The number of carbonyl (C=O) groups is 4. The lowest BCUT2D eigenvalue weighted by atomic mass is 9.43. The number of ether oxygens (including phenoxy) is 4. The van der Waals surface area contributed by atoms with Gasteiger partial charge in [-0.15, -0.1) is 0 Å². The summed E-state index contributed by atoms with van der Waals surface area (Å²) in [7, 11) is 0. The van der Waals surface area contributed by atoms with Crippen molar-refractivity contribution in [2.45, 2.75) is 96.9 Å². The average molecular weight is 585 g/mol. The highest BCUT2D eigenvalue weighted by atomic mass is 16.6. The minimum atomic E-state index is -2.00. The Morgan fingerprint density at radius 3 is 2.21 bits per heavy atom. The van der Waals surface area contributed by atoms with E-state index in [1.807, 2.05) is 6.92 Å². The molecule has 2 unspecified atom stereocenters. The first kappa shape index (κ1) is 30.4. The summed E-state index contributed by atoms with van der Waals surface area (Å²) < 4.78 is 24.0. The number of hydrogen-bond acceptors (Lipinski definition) is 10. The van der Waals surface area contributed by atoms with Crippen LogP contribution >= 0.6 is 0 Å². The number of benzene rings is 1. The molecule has 0 radical (unpaired) electrons. The molecule has 228 valence electrons. The first-order valence-corrected chi connectivity index (χ1v) is 14.4. The highest BCUT2D eigenvalue weighted by Gasteiger charge is 2.77. The highest BCUT2D eigenvalue weighted by Crippen LogP contribution is 2.65. The number of ketones is 1. The Morgan fingerprint density at radius 2 is 1.67 bits per heavy atom. The van der Waals surface area contributed by atoms with Crippen LogP contribution in [0.2, 0.25) is 0 Å². The summed E-state index contributed by atoms with van der Waals surface area (Å²) in [6, 6.07) is 8.26. The van der Waals surface area contributed by atoms with Crippen molar-refractivity contribution in [3.05, 3.63) is 47.0 Å². The first-order valence-electron chi connectivity index (χ1n) is 14.4. The molecule has 10 heteroatoms. The normalized spacial score (nSPS) is 40.4. The minimum Gasteiger partial charge on any atom is -0.455 e. The molecular formula is C32H40O10. The van der Waals surface area contributed by atoms with E-state index in [9.17, 15) is 29.4 Å². The Hall–Kier alpha value is -3.08. The maximum Gasteiger partial charge on any atom is 0.338 e. The SMILES string of the molecule is CC(=O)O[C@H]1C(=O)[C@@]2(C)C(C(OC(=O)c3ccccc3)[C@]3(O)C[C@H](O)C(C)=C1C3(C)C)[C@]1(OC(C)=O)CO[C@@H]1C[C@@H]2C. The third-order valence-electron chi connectivity index (χ3n) is 10.7. The van der Waals surface area contributed by atoms with Crippen LogP contribution < -0.4 is 0 Å². The molecule has 1 aliphatic heterocycles. The molecule has 4 aliphatic rings. The predicted molar refractivity (Wildman–Crippen MR) is 148 cm³/mol. The smallest absolute Gasteiger partial charge is 0.338 e. The quantitative estimate of drug-likeness (QED) is 0.308. The first-order chi connectivity index (χ1) is 19.5. The largest absolute Gasteiger partial charge is 0.455 e. The molecule has 3 fully saturated rings. The predicted octanol–water partition coefficient (Wildman–Crippen LogP) is 2.93. The maximum absolute atomic E-state index is 15.0. The van der Waals surface area contributed by atoms with Gasteiger partial charge in [-0.1, -0.05) is 45.9 Å². The van der Waals surface area contributed by atoms with Crippen LogP contribution in [-0.2, 0) is 33.3 Å². The lowest BCUT2D eigenvalue weighted by Crippen LogP contribution is -2.80. The zero-order valence-electron chi connectivity index (χ0n) is 25.1. The van der Waals surface area contributed by atoms with Gasteiger partial charge in [0.2, 0.25) is 0 Å². The van der Waals surface area contributed by atoms with Gasteiger partial charge in [0.05, 0.1) is 24.2 Å². The van der Waals surface area contributed by atoms with E-state index in [2.05, 4.69) is 0 Å². The number of carbonyl (C=O) groups excluding carboxylic acids is 4. The number of aliphatic hydroxyl groups is 2. The summed E-state index contributed by atoms with van der Waals surface area (Å²) in [6.07, 6.45) is -4.67. The van der Waals surface area contributed by atoms with Crippen molar-refractivity contribution >= 4 is 23.7 Å². The molecule has 10 nitrogen and oxygen atoms in total. The molecule has 2 saturated carbocycles. The molecule has 42 heavy (non-hydrogen) atoms. The fourth-order valence-corrected chi connectivity index (χ4v) is 8.20. The number of hydrogen-bond donors (Lipinski definition) is 2. The summed E-state index contributed by atoms with van der Waals surface area (Å²) in [5.74, 6) is -4.10. The van der Waals surface area contributed by atoms with Crippen LogP contribution in [-0.4, -0.2) is 76.1 Å². The van der Waals surface area contributed by atoms with Gasteiger partial charge in [0, 0.05) is 31.1 Å². The molecule has 9 atom stereocenters. The number of rotatable bonds is 4. The van der Waals surface area contributed by atoms with Gasteiger partial charge in [-0.25, -0.2) is 4.79 Å². The Morgan fingerprint density at radius 1 is 1.02 bits per heavy atom. The van der Waals surface area contributed by atoms with Crippen LogP contribution in [0.4, 0.5) is 0 Å². The lowest BCUT2D eigenvalue weighted by molar-refractivity contribution is -0.340. The molecule has 3 aliphatic carbocycles. The van der Waals surface area contributed by atoms with E-state index in [0.717, 1.165) is 0 Å². The second-order valence-electron chi connectivity index (χ2n) is 13.2. The molecular weight excluding hydrogens is 544 g/mol. The van der Waals surface area contributed by atoms with Gasteiger partial charge in [-0.2, -0.15) is 0 Å². The third kappa shape index (κ3) is 4.09. The fourth-order valence-electron chi connectivity index (χ4n) is 8.20. The van der Waals surface area contributed by atoms with Gasteiger partial charge in [0.25, 0.3) is 0 Å². The summed E-state index contributed by atoms with van der Waals surface area (Å²) in [5.41, 5.74) is -5.32. The molecule has 1 aromatic carbocycles. The van der Waals surface area contributed by atoms with Crippen molar-refractivity contribution < 1.29 is 48.3 Å². The Bertz CT molecular complexity index is 1350. The minimum absolute atomic E-state index is 0.0874. The Kier molecular flexibility index (Phi) is 7.23. The van der Waals surface area contributed by atoms with E-state index in [0.29, 0.717) is 12.0 Å². The topological polar surface area (TPSA) is 146 Å². The van der Waals surface area contributed by atoms with Gasteiger partial charge in [-0.05, 0) is 42.5 Å². The Labute approximate surface area is 245 Å². The van der Waals surface area contributed by atoms with Crippen molar-refractivity contribution in [2.24, 2.45) is 22.7 Å². The monoisotopic (exact) mass is 584 g/mol. The molecule has 1 saturated heterocycles. The molecule has 0 spiro atoms. The molecule has 1 aromatic rings. The van der Waals surface area contributed by atoms with E-state index in [1.54, 1.807) is 58.0 Å². The number of Topliss-reactive ketones (excluding diaryl/α,β-unsaturated/α-hetero) is 1. The second-order valence-corrected chi connectivity index (χ2v) is 13.2. The lowest BCUT2D eigenvalue weighted by Gasteiger charge is -2.68. The van der Waals surface area contributed by atoms with Gasteiger partial charge >= 0.3 is 17.9 Å². The average Bonchev–Trinajstić information content (AvgIpc) is 2.90. The van der Waals surface area contributed by atoms with Crippen molar-refractivity contribution in [3.63, 3.8) is 0 Å². The van der Waals surface area contributed by atoms with Crippen LogP contribution in [0.3, 0.4) is 0 Å². The van der Waals surface area contributed by atoms with Gasteiger partial charge < -0.3 is 29.2 Å². The summed E-state index contributed by atoms with van der Waals surface area (Å²) in [5, 5.41) is 24.3. The summed E-state index contributed by atoms with van der Waals surface area (Å²) >= 11 is 0. The molecule has 1 heterocycles. The van der Waals surface area contributed by atoms with Crippen LogP contribution in [0.1, 0.15) is 71.7 Å². The van der Waals surface area contributed by atoms with Crippen molar-refractivity contribution in [2.75, 3.05) is 6.61 Å². The van der Waals surface area contributed by atoms with Gasteiger partial charge in [0.1, 0.15) is 17.8 Å². The zero-order chi connectivity index (χ0) is 31.0. The molecule has 0 aromatic heterocycles. The number of aliphatic hydroxyl groups excluding tert-OH is 1. The van der Waals surface area contributed by atoms with E-state index >= 15 is 0 Å². The maximum atomic E-state index is 15.0. The highest BCUT2D eigenvalue weighted by molar-refractivity contribution is 5.95. The second kappa shape index (κ2) is 9.99. The van der Waals surface area contributed by atoms with E-state index in [1.165, 1.54) is 13.8 Å². The van der Waals surface area contributed by atoms with E-state index in [-0.39, 0.29) is 24.2 Å². The van der Waals surface area contributed by atoms with Crippen LogP contribution in [0, 0.1) is 22.7 Å². The Balaban J connectivity index is 1.84. The van der Waals surface area contributed by atoms with E-state index < -0.39 is 82.0 Å². The standard InChI is InChI=1S/C32H40O10/c1-16-13-22-31(15-39-22,42-19(4)34)25-27(41-28(37)20-11-9-8-10-12-20)32(38)14-21(35)17(2)23(29(32,5)6)24(40-18(3)33)26(36)30(16,25)7/h8-12,16,21-22,24-25,27,35,38H,13-15H2,1-7H3/t16-,21-,22+,24+,25?,27?,30+,31-,32+/m0/s1. The van der Waals surface area contributed by atoms with Crippen LogP contribution in [0.15, 0.2) is 41.5 Å². The summed E-state index contributed by atoms with van der Waals surface area (Å²) in [6.45, 7) is 10.9. The zero-order valence-corrected chi connectivity index (χ0v) is 25.1. The molecule has 0 amide bonds. The van der Waals surface area contributed by atoms with Gasteiger partial charge in [0.15, 0.2) is 17.5 Å². The third-order valence-corrected chi connectivity index (χ3v) is 10.7. The van der Waals surface area contributed by atoms with Crippen LogP contribution in [0.25, 0.3) is 0 Å². The van der Waals surface area contributed by atoms with Gasteiger partial charge in [-0.3, -0.25) is 14.4 Å².